The van der Waals surface area contributed by atoms with E-state index in [0.717, 1.165) is 22.1 Å². The largest absolute Gasteiger partial charge is 0.387 e. The molecule has 4 nitrogen and oxygen atoms in total. The van der Waals surface area contributed by atoms with E-state index in [4.69, 9.17) is 0 Å². The molecule has 1 heterocycles. The van der Waals surface area contributed by atoms with Gasteiger partial charge >= 0.3 is 0 Å². The van der Waals surface area contributed by atoms with Gasteiger partial charge in [-0.2, -0.15) is 0 Å². The third kappa shape index (κ3) is 2.56. The number of benzene rings is 2. The lowest BCUT2D eigenvalue weighted by Crippen LogP contribution is -2.14. The van der Waals surface area contributed by atoms with E-state index in [2.05, 4.69) is 15.6 Å². The summed E-state index contributed by atoms with van der Waals surface area (Å²) in [5.41, 5.74) is 2.20. The van der Waals surface area contributed by atoms with Crippen LogP contribution in [0.3, 0.4) is 0 Å². The Hall–Kier alpha value is -2.88. The summed E-state index contributed by atoms with van der Waals surface area (Å²) >= 11 is 0. The van der Waals surface area contributed by atoms with Gasteiger partial charge in [0.15, 0.2) is 0 Å². The normalized spacial score (nSPS) is 10.3. The minimum absolute atomic E-state index is 0.135. The van der Waals surface area contributed by atoms with Crippen LogP contribution >= 0.6 is 0 Å². The molecule has 3 rings (SSSR count). The molecule has 0 saturated heterocycles. The first kappa shape index (κ1) is 13.1. The minimum atomic E-state index is -0.135. The summed E-state index contributed by atoms with van der Waals surface area (Å²) in [6.07, 6.45) is 3.51. The molecule has 3 aromatic rings. The maximum absolute atomic E-state index is 12.5. The van der Waals surface area contributed by atoms with Crippen molar-refractivity contribution in [2.24, 2.45) is 0 Å². The zero-order chi connectivity index (χ0) is 14.7. The molecular formula is C17H15N3O. The molecule has 104 valence electrons. The van der Waals surface area contributed by atoms with Gasteiger partial charge in [-0.25, -0.2) is 0 Å². The number of para-hydroxylation sites is 1. The number of hydrogen-bond donors (Lipinski definition) is 2. The van der Waals surface area contributed by atoms with Crippen molar-refractivity contribution in [2.45, 2.75) is 0 Å². The van der Waals surface area contributed by atoms with Crippen molar-refractivity contribution in [1.29, 1.82) is 0 Å². The van der Waals surface area contributed by atoms with E-state index in [9.17, 15) is 4.79 Å². The molecule has 0 aliphatic carbocycles. The van der Waals surface area contributed by atoms with Crippen molar-refractivity contribution < 1.29 is 4.79 Å². The van der Waals surface area contributed by atoms with Crippen molar-refractivity contribution >= 4 is 28.1 Å². The fraction of sp³-hybridized carbons (Fsp3) is 0.0588. The van der Waals surface area contributed by atoms with Crippen molar-refractivity contribution in [2.75, 3.05) is 17.7 Å². The average molecular weight is 277 g/mol. The second-order valence-corrected chi connectivity index (χ2v) is 4.65. The molecule has 0 spiro atoms. The quantitative estimate of drug-likeness (QED) is 0.770. The molecule has 2 aromatic carbocycles. The topological polar surface area (TPSA) is 54.0 Å². The van der Waals surface area contributed by atoms with Crippen LogP contribution in [0.2, 0.25) is 0 Å². The van der Waals surface area contributed by atoms with Gasteiger partial charge in [0.1, 0.15) is 0 Å². The maximum Gasteiger partial charge on any atom is 0.257 e. The Morgan fingerprint density at radius 2 is 1.81 bits per heavy atom. The van der Waals surface area contributed by atoms with Crippen LogP contribution < -0.4 is 10.6 Å². The lowest BCUT2D eigenvalue weighted by molar-refractivity contribution is 0.102. The Balaban J connectivity index is 1.97. The Morgan fingerprint density at radius 1 is 1.00 bits per heavy atom. The van der Waals surface area contributed by atoms with Crippen LogP contribution in [-0.4, -0.2) is 17.9 Å². The van der Waals surface area contributed by atoms with Crippen LogP contribution in [-0.2, 0) is 0 Å². The van der Waals surface area contributed by atoms with Gasteiger partial charge in [0.25, 0.3) is 5.91 Å². The number of amides is 1. The van der Waals surface area contributed by atoms with Gasteiger partial charge in [-0.15, -0.1) is 0 Å². The molecule has 0 aliphatic heterocycles. The molecule has 4 heteroatoms. The Morgan fingerprint density at radius 3 is 2.67 bits per heavy atom. The van der Waals surface area contributed by atoms with Gasteiger partial charge in [-0.05, 0) is 24.3 Å². The first-order chi connectivity index (χ1) is 10.3. The number of anilines is 2. The fourth-order valence-corrected chi connectivity index (χ4v) is 2.32. The summed E-state index contributed by atoms with van der Waals surface area (Å²) in [6.45, 7) is 0. The molecule has 0 saturated carbocycles. The summed E-state index contributed by atoms with van der Waals surface area (Å²) in [6, 6.07) is 15.1. The summed E-state index contributed by atoms with van der Waals surface area (Å²) in [4.78, 5) is 16.6. The number of carbonyl (C=O) groups excluding carboxylic acids is 1. The molecule has 0 aliphatic rings. The molecule has 0 radical (unpaired) electrons. The highest BCUT2D eigenvalue weighted by Crippen LogP contribution is 2.24. The van der Waals surface area contributed by atoms with E-state index in [1.54, 1.807) is 25.5 Å². The van der Waals surface area contributed by atoms with E-state index in [-0.39, 0.29) is 5.91 Å². The van der Waals surface area contributed by atoms with Crippen LogP contribution in [0.1, 0.15) is 10.4 Å². The lowest BCUT2D eigenvalue weighted by atomic mass is 10.1. The highest BCUT2D eigenvalue weighted by Gasteiger charge is 2.11. The minimum Gasteiger partial charge on any atom is -0.387 e. The Kier molecular flexibility index (Phi) is 3.51. The van der Waals surface area contributed by atoms with Gasteiger partial charge < -0.3 is 10.6 Å². The van der Waals surface area contributed by atoms with Crippen molar-refractivity contribution in [3.05, 3.63) is 66.5 Å². The SMILES string of the molecule is CNc1ccccc1C(=O)Nc1cccc2cnccc12. The second-order valence-electron chi connectivity index (χ2n) is 4.65. The third-order valence-corrected chi connectivity index (χ3v) is 3.37. The van der Waals surface area contributed by atoms with Gasteiger partial charge in [-0.3, -0.25) is 9.78 Å². The second kappa shape index (κ2) is 5.63. The van der Waals surface area contributed by atoms with Crippen molar-refractivity contribution in [3.63, 3.8) is 0 Å². The number of hydrogen-bond acceptors (Lipinski definition) is 3. The van der Waals surface area contributed by atoms with Crippen molar-refractivity contribution in [3.8, 4) is 0 Å². The van der Waals surface area contributed by atoms with E-state index >= 15 is 0 Å². The predicted molar refractivity (Wildman–Crippen MR) is 85.7 cm³/mol. The van der Waals surface area contributed by atoms with Gasteiger partial charge in [0.05, 0.1) is 5.56 Å². The van der Waals surface area contributed by atoms with Gasteiger partial charge in [0, 0.05) is 41.6 Å². The Bertz CT molecular complexity index is 793. The van der Waals surface area contributed by atoms with E-state index in [1.807, 2.05) is 42.5 Å². The van der Waals surface area contributed by atoms with E-state index in [1.165, 1.54) is 0 Å². The molecule has 0 bridgehead atoms. The number of carbonyl (C=O) groups is 1. The fourth-order valence-electron chi connectivity index (χ4n) is 2.32. The molecule has 0 fully saturated rings. The molecule has 0 unspecified atom stereocenters. The van der Waals surface area contributed by atoms with Gasteiger partial charge in [0.2, 0.25) is 0 Å². The zero-order valence-corrected chi connectivity index (χ0v) is 11.6. The number of rotatable bonds is 3. The molecule has 1 amide bonds. The van der Waals surface area contributed by atoms with Crippen LogP contribution in [0, 0.1) is 0 Å². The van der Waals surface area contributed by atoms with Crippen LogP contribution in [0.25, 0.3) is 10.8 Å². The summed E-state index contributed by atoms with van der Waals surface area (Å²) in [5, 5.41) is 7.97. The summed E-state index contributed by atoms with van der Waals surface area (Å²) < 4.78 is 0. The molecule has 1 aromatic heterocycles. The molecule has 21 heavy (non-hydrogen) atoms. The predicted octanol–water partition coefficient (Wildman–Crippen LogP) is 3.53. The monoisotopic (exact) mass is 277 g/mol. The summed E-state index contributed by atoms with van der Waals surface area (Å²) in [7, 11) is 1.80. The summed E-state index contributed by atoms with van der Waals surface area (Å²) in [5.74, 6) is -0.135. The third-order valence-electron chi connectivity index (χ3n) is 3.37. The highest BCUT2D eigenvalue weighted by atomic mass is 16.1. The van der Waals surface area contributed by atoms with Gasteiger partial charge in [-0.1, -0.05) is 24.3 Å². The number of fused-ring (bicyclic) bond motifs is 1. The number of nitrogens with one attached hydrogen (secondary N) is 2. The molecule has 2 N–H and O–H groups in total. The Labute approximate surface area is 122 Å². The smallest absolute Gasteiger partial charge is 0.257 e. The lowest BCUT2D eigenvalue weighted by Gasteiger charge is -2.11. The van der Waals surface area contributed by atoms with E-state index < -0.39 is 0 Å². The van der Waals surface area contributed by atoms with Crippen molar-refractivity contribution in [1.82, 2.24) is 4.98 Å². The number of nitrogens with zero attached hydrogens (tertiary/aromatic N) is 1. The van der Waals surface area contributed by atoms with E-state index in [0.29, 0.717) is 5.56 Å². The standard InChI is InChI=1S/C17H15N3O/c1-18-15-7-3-2-6-14(15)17(21)20-16-8-4-5-12-11-19-10-9-13(12)16/h2-11,18H,1H3,(H,20,21). The first-order valence-corrected chi connectivity index (χ1v) is 6.70. The number of pyridine rings is 1. The van der Waals surface area contributed by atoms with Crippen LogP contribution in [0.15, 0.2) is 60.9 Å². The zero-order valence-electron chi connectivity index (χ0n) is 11.6. The van der Waals surface area contributed by atoms with Crippen LogP contribution in [0.4, 0.5) is 11.4 Å². The molecule has 0 atom stereocenters. The maximum atomic E-state index is 12.5. The number of aromatic nitrogens is 1. The molecular weight excluding hydrogens is 262 g/mol. The first-order valence-electron chi connectivity index (χ1n) is 6.70. The van der Waals surface area contributed by atoms with Crippen LogP contribution in [0.5, 0.6) is 0 Å². The average Bonchev–Trinajstić information content (AvgIpc) is 2.55. The highest BCUT2D eigenvalue weighted by molar-refractivity contribution is 6.11.